The Hall–Kier alpha value is -1.18. The van der Waals surface area contributed by atoms with Crippen molar-refractivity contribution in [3.63, 3.8) is 0 Å². The van der Waals surface area contributed by atoms with Crippen LogP contribution in [0.25, 0.3) is 11.1 Å². The Morgan fingerprint density at radius 1 is 1.17 bits per heavy atom. The predicted molar refractivity (Wildman–Crippen MR) is 100 cm³/mol. The van der Waals surface area contributed by atoms with Crippen LogP contribution in [0.4, 0.5) is 0 Å². The molecular weight excluding hydrogens is 405 g/mol. The van der Waals surface area contributed by atoms with Crippen molar-refractivity contribution in [1.29, 1.82) is 0 Å². The number of hydrogen-bond donors (Lipinski definition) is 0. The van der Waals surface area contributed by atoms with E-state index in [2.05, 4.69) is 17.1 Å². The number of halogens is 1. The molecule has 1 unspecified atom stereocenters. The lowest BCUT2D eigenvalue weighted by Gasteiger charge is -2.18. The molecule has 0 saturated carbocycles. The Bertz CT molecular complexity index is 646. The molecule has 5 heteroatoms. The van der Waals surface area contributed by atoms with E-state index in [-0.39, 0.29) is 30.1 Å². The maximum absolute atomic E-state index is 5.91. The summed E-state index contributed by atoms with van der Waals surface area (Å²) in [5, 5.41) is 0. The minimum Gasteiger partial charge on any atom is -0.496 e. The molecule has 1 aromatic heterocycles. The summed E-state index contributed by atoms with van der Waals surface area (Å²) in [5.74, 6) is 0.381. The molecule has 1 saturated heterocycles. The van der Waals surface area contributed by atoms with Crippen LogP contribution in [-0.2, 0) is 15.9 Å². The highest BCUT2D eigenvalue weighted by Crippen LogP contribution is 2.30. The van der Waals surface area contributed by atoms with Crippen molar-refractivity contribution in [3.05, 3.63) is 48.3 Å². The molecule has 2 heterocycles. The fourth-order valence-corrected chi connectivity index (χ4v) is 2.77. The third-order valence-electron chi connectivity index (χ3n) is 3.81. The number of aromatic nitrogens is 1. The zero-order valence-corrected chi connectivity index (χ0v) is 15.9. The highest BCUT2D eigenvalue weighted by atomic mass is 127. The first-order valence-corrected chi connectivity index (χ1v) is 7.46. The monoisotopic (exact) mass is 427 g/mol. The van der Waals surface area contributed by atoms with Gasteiger partial charge in [-0.05, 0) is 54.8 Å². The van der Waals surface area contributed by atoms with Crippen LogP contribution in [0.3, 0.4) is 0 Å². The molecule has 3 rings (SSSR count). The molecule has 0 N–H and O–H groups in total. The second kappa shape index (κ2) is 7.59. The summed E-state index contributed by atoms with van der Waals surface area (Å²) in [6.45, 7) is 4.49. The van der Waals surface area contributed by atoms with E-state index in [1.807, 2.05) is 32.0 Å². The fourth-order valence-electron chi connectivity index (χ4n) is 2.77. The topological polar surface area (TPSA) is 40.6 Å². The molecular formula is C18H22INO3. The van der Waals surface area contributed by atoms with E-state index < -0.39 is 5.79 Å². The summed E-state index contributed by atoms with van der Waals surface area (Å²) in [5.41, 5.74) is 3.42. The highest BCUT2D eigenvalue weighted by molar-refractivity contribution is 14.0. The van der Waals surface area contributed by atoms with Crippen molar-refractivity contribution in [2.45, 2.75) is 32.2 Å². The molecule has 124 valence electrons. The van der Waals surface area contributed by atoms with Crippen molar-refractivity contribution in [2.24, 2.45) is 0 Å². The van der Waals surface area contributed by atoms with Crippen LogP contribution >= 0.6 is 24.0 Å². The number of ether oxygens (including phenoxy) is 3. The van der Waals surface area contributed by atoms with E-state index in [4.69, 9.17) is 14.2 Å². The Labute approximate surface area is 154 Å². The van der Waals surface area contributed by atoms with Gasteiger partial charge in [0.25, 0.3) is 0 Å². The van der Waals surface area contributed by atoms with Gasteiger partial charge < -0.3 is 14.2 Å². The van der Waals surface area contributed by atoms with Crippen LogP contribution in [-0.4, -0.2) is 30.6 Å². The Morgan fingerprint density at radius 3 is 2.52 bits per heavy atom. The average molecular weight is 427 g/mol. The molecule has 2 aromatic rings. The van der Waals surface area contributed by atoms with E-state index in [0.29, 0.717) is 6.61 Å². The molecule has 0 bridgehead atoms. The van der Waals surface area contributed by atoms with E-state index in [0.717, 1.165) is 28.9 Å². The first-order chi connectivity index (χ1) is 10.6. The Morgan fingerprint density at radius 2 is 1.91 bits per heavy atom. The fraction of sp³-hybridized carbons (Fsp3) is 0.389. The van der Waals surface area contributed by atoms with Crippen LogP contribution < -0.4 is 4.74 Å². The Kier molecular flexibility index (Phi) is 6.00. The molecule has 0 radical (unpaired) electrons. The maximum atomic E-state index is 5.91. The van der Waals surface area contributed by atoms with Gasteiger partial charge >= 0.3 is 0 Å². The van der Waals surface area contributed by atoms with Gasteiger partial charge in [-0.2, -0.15) is 0 Å². The zero-order valence-electron chi connectivity index (χ0n) is 13.6. The van der Waals surface area contributed by atoms with Gasteiger partial charge in [0.1, 0.15) is 5.75 Å². The van der Waals surface area contributed by atoms with E-state index in [9.17, 15) is 0 Å². The number of benzene rings is 1. The lowest BCUT2D eigenvalue weighted by molar-refractivity contribution is -0.138. The lowest BCUT2D eigenvalue weighted by Crippen LogP contribution is -2.22. The van der Waals surface area contributed by atoms with Crippen molar-refractivity contribution in [1.82, 2.24) is 4.98 Å². The molecule has 1 aromatic carbocycles. The summed E-state index contributed by atoms with van der Waals surface area (Å²) in [4.78, 5) is 4.06. The molecule has 4 nitrogen and oxygen atoms in total. The Balaban J connectivity index is 0.00000192. The van der Waals surface area contributed by atoms with Crippen LogP contribution in [0.2, 0.25) is 0 Å². The van der Waals surface area contributed by atoms with Crippen molar-refractivity contribution >= 4 is 24.0 Å². The molecule has 1 aliphatic heterocycles. The molecule has 23 heavy (non-hydrogen) atoms. The summed E-state index contributed by atoms with van der Waals surface area (Å²) in [6, 6.07) is 10.2. The smallest absolute Gasteiger partial charge is 0.163 e. The van der Waals surface area contributed by atoms with Crippen molar-refractivity contribution < 1.29 is 14.2 Å². The van der Waals surface area contributed by atoms with Gasteiger partial charge in [0.05, 0.1) is 19.8 Å². The second-order valence-electron chi connectivity index (χ2n) is 5.92. The quantitative estimate of drug-likeness (QED) is 0.690. The van der Waals surface area contributed by atoms with Gasteiger partial charge in [-0.3, -0.25) is 4.98 Å². The number of pyridine rings is 1. The third-order valence-corrected chi connectivity index (χ3v) is 3.81. The lowest BCUT2D eigenvalue weighted by atomic mass is 10.00. The molecule has 0 spiro atoms. The molecule has 0 aliphatic carbocycles. The van der Waals surface area contributed by atoms with Gasteiger partial charge in [0, 0.05) is 18.8 Å². The van der Waals surface area contributed by atoms with Gasteiger partial charge in [0.2, 0.25) is 0 Å². The van der Waals surface area contributed by atoms with Crippen molar-refractivity contribution in [3.8, 4) is 16.9 Å². The highest BCUT2D eigenvalue weighted by Gasteiger charge is 2.33. The summed E-state index contributed by atoms with van der Waals surface area (Å²) in [7, 11) is 1.70. The van der Waals surface area contributed by atoms with Crippen LogP contribution in [0.1, 0.15) is 19.4 Å². The first-order valence-electron chi connectivity index (χ1n) is 7.46. The van der Waals surface area contributed by atoms with Gasteiger partial charge in [0.15, 0.2) is 5.79 Å². The van der Waals surface area contributed by atoms with E-state index >= 15 is 0 Å². The standard InChI is InChI=1S/C18H21NO3.HI/c1-18(2)21-12-16(22-18)11-15-10-14(4-5-17(15)20-3)13-6-8-19-9-7-13;/h4-10,16H,11-12H2,1-3H3;1H. The van der Waals surface area contributed by atoms with E-state index in [1.54, 1.807) is 19.5 Å². The number of methoxy groups -OCH3 is 1. The maximum Gasteiger partial charge on any atom is 0.163 e. The summed E-state index contributed by atoms with van der Waals surface area (Å²) < 4.78 is 17.0. The average Bonchev–Trinajstić information content (AvgIpc) is 2.87. The van der Waals surface area contributed by atoms with Crippen molar-refractivity contribution in [2.75, 3.05) is 13.7 Å². The van der Waals surface area contributed by atoms with Crippen LogP contribution in [0.5, 0.6) is 5.75 Å². The van der Waals surface area contributed by atoms with Crippen LogP contribution in [0.15, 0.2) is 42.7 Å². The predicted octanol–water partition coefficient (Wildman–Crippen LogP) is 4.07. The molecule has 1 atom stereocenters. The SMILES string of the molecule is COc1ccc(-c2ccncc2)cc1CC1COC(C)(C)O1.I. The number of nitrogens with zero attached hydrogens (tertiary/aromatic N) is 1. The van der Waals surface area contributed by atoms with Gasteiger partial charge in [-0.1, -0.05) is 6.07 Å². The second-order valence-corrected chi connectivity index (χ2v) is 5.92. The number of hydrogen-bond acceptors (Lipinski definition) is 4. The van der Waals surface area contributed by atoms with Gasteiger partial charge in [-0.15, -0.1) is 24.0 Å². The minimum atomic E-state index is -0.499. The largest absolute Gasteiger partial charge is 0.496 e. The van der Waals surface area contributed by atoms with Gasteiger partial charge in [-0.25, -0.2) is 0 Å². The third kappa shape index (κ3) is 4.43. The molecule has 0 amide bonds. The summed E-state index contributed by atoms with van der Waals surface area (Å²) in [6.07, 6.45) is 4.42. The first kappa shape index (κ1) is 18.2. The molecule has 1 fully saturated rings. The number of rotatable bonds is 4. The van der Waals surface area contributed by atoms with E-state index in [1.165, 1.54) is 0 Å². The normalized spacial score (nSPS) is 19.2. The summed E-state index contributed by atoms with van der Waals surface area (Å²) >= 11 is 0. The zero-order chi connectivity index (χ0) is 15.6. The molecule has 1 aliphatic rings. The minimum absolute atomic E-state index is 0. The van der Waals surface area contributed by atoms with Crippen LogP contribution in [0, 0.1) is 0 Å².